The molecule has 1 aliphatic carbocycles. The molecule has 0 aliphatic heterocycles. The fourth-order valence-electron chi connectivity index (χ4n) is 1.59. The van der Waals surface area contributed by atoms with E-state index in [0.717, 1.165) is 37.1 Å². The minimum absolute atomic E-state index is 0.832. The van der Waals surface area contributed by atoms with Crippen LogP contribution < -0.4 is 10.6 Å². The molecule has 0 radical (unpaired) electrons. The molecule has 1 heterocycles. The second-order valence-corrected chi connectivity index (χ2v) is 4.30. The number of nitrogens with zero attached hydrogens (tertiary/aromatic N) is 1. The van der Waals surface area contributed by atoms with Crippen molar-refractivity contribution < 1.29 is 0 Å². The van der Waals surface area contributed by atoms with Crippen LogP contribution in [0.1, 0.15) is 30.7 Å². The zero-order chi connectivity index (χ0) is 10.5. The van der Waals surface area contributed by atoms with Gasteiger partial charge in [-0.15, -0.1) is 0 Å². The molecule has 3 N–H and O–H groups in total. The lowest BCUT2D eigenvalue weighted by Crippen LogP contribution is -2.23. The summed E-state index contributed by atoms with van der Waals surface area (Å²) in [5.74, 6) is 0. The van der Waals surface area contributed by atoms with Crippen LogP contribution in [0.25, 0.3) is 0 Å². The van der Waals surface area contributed by atoms with Crippen LogP contribution in [0, 0.1) is 6.92 Å². The van der Waals surface area contributed by atoms with Crippen LogP contribution in [0.3, 0.4) is 0 Å². The van der Waals surface area contributed by atoms with Gasteiger partial charge in [-0.3, -0.25) is 5.10 Å². The van der Waals surface area contributed by atoms with Gasteiger partial charge >= 0.3 is 0 Å². The van der Waals surface area contributed by atoms with Crippen molar-refractivity contribution in [1.82, 2.24) is 20.8 Å². The summed E-state index contributed by atoms with van der Waals surface area (Å²) in [6, 6.07) is 2.91. The summed E-state index contributed by atoms with van der Waals surface area (Å²) >= 11 is 0. The summed E-state index contributed by atoms with van der Waals surface area (Å²) in [5.41, 5.74) is 2.23. The van der Waals surface area contributed by atoms with E-state index >= 15 is 0 Å². The zero-order valence-electron chi connectivity index (χ0n) is 9.34. The standard InChI is InChI=1S/C11H20N4/c1-9-7-11(15-14-9)8-12-5-2-6-13-10-3-4-10/h7,10,12-13H,2-6,8H2,1H3,(H,14,15). The van der Waals surface area contributed by atoms with Gasteiger partial charge in [0.15, 0.2) is 0 Å². The van der Waals surface area contributed by atoms with Gasteiger partial charge in [-0.2, -0.15) is 5.10 Å². The van der Waals surface area contributed by atoms with Crippen molar-refractivity contribution >= 4 is 0 Å². The number of H-pyrrole nitrogens is 1. The number of hydrogen-bond donors (Lipinski definition) is 3. The Hall–Kier alpha value is -0.870. The Morgan fingerprint density at radius 1 is 1.47 bits per heavy atom. The van der Waals surface area contributed by atoms with Gasteiger partial charge in [0, 0.05) is 18.3 Å². The van der Waals surface area contributed by atoms with Crippen molar-refractivity contribution in [3.63, 3.8) is 0 Å². The Morgan fingerprint density at radius 3 is 3.00 bits per heavy atom. The lowest BCUT2D eigenvalue weighted by molar-refractivity contribution is 0.589. The number of aryl methyl sites for hydroxylation is 1. The minimum Gasteiger partial charge on any atom is -0.314 e. The van der Waals surface area contributed by atoms with Crippen LogP contribution in [-0.2, 0) is 6.54 Å². The van der Waals surface area contributed by atoms with E-state index in [9.17, 15) is 0 Å². The molecule has 1 aromatic rings. The van der Waals surface area contributed by atoms with Crippen LogP contribution in [0.4, 0.5) is 0 Å². The summed E-state index contributed by atoms with van der Waals surface area (Å²) in [6.45, 7) is 5.09. The third-order valence-electron chi connectivity index (χ3n) is 2.61. The third-order valence-corrected chi connectivity index (χ3v) is 2.61. The van der Waals surface area contributed by atoms with Gasteiger partial charge in [-0.1, -0.05) is 0 Å². The lowest BCUT2D eigenvalue weighted by atomic mass is 10.3. The highest BCUT2D eigenvalue weighted by Gasteiger charge is 2.19. The molecule has 1 saturated carbocycles. The van der Waals surface area contributed by atoms with Crippen molar-refractivity contribution in [1.29, 1.82) is 0 Å². The average molecular weight is 208 g/mol. The summed E-state index contributed by atoms with van der Waals surface area (Å²) < 4.78 is 0. The highest BCUT2D eigenvalue weighted by molar-refractivity contribution is 5.05. The van der Waals surface area contributed by atoms with Gasteiger partial charge < -0.3 is 10.6 Å². The Morgan fingerprint density at radius 2 is 2.33 bits per heavy atom. The molecule has 84 valence electrons. The maximum Gasteiger partial charge on any atom is 0.0762 e. The van der Waals surface area contributed by atoms with E-state index in [1.165, 1.54) is 19.3 Å². The first-order chi connectivity index (χ1) is 7.34. The monoisotopic (exact) mass is 208 g/mol. The van der Waals surface area contributed by atoms with Crippen molar-refractivity contribution in [2.45, 2.75) is 38.8 Å². The van der Waals surface area contributed by atoms with Crippen LogP contribution in [0.15, 0.2) is 6.07 Å². The van der Waals surface area contributed by atoms with E-state index < -0.39 is 0 Å². The van der Waals surface area contributed by atoms with Crippen LogP contribution >= 0.6 is 0 Å². The molecule has 0 saturated heterocycles. The first-order valence-corrected chi connectivity index (χ1v) is 5.79. The summed E-state index contributed by atoms with van der Waals surface area (Å²) in [5, 5.41) is 14.0. The van der Waals surface area contributed by atoms with E-state index in [1.54, 1.807) is 0 Å². The Labute approximate surface area is 90.8 Å². The second kappa shape index (κ2) is 5.28. The molecule has 0 atom stereocenters. The van der Waals surface area contributed by atoms with E-state index in [1.807, 2.05) is 6.92 Å². The van der Waals surface area contributed by atoms with Crippen molar-refractivity contribution in [3.05, 3.63) is 17.5 Å². The van der Waals surface area contributed by atoms with Crippen molar-refractivity contribution in [2.75, 3.05) is 13.1 Å². The molecular formula is C11H20N4. The molecular weight excluding hydrogens is 188 g/mol. The quantitative estimate of drug-likeness (QED) is 0.585. The highest BCUT2D eigenvalue weighted by Crippen LogP contribution is 2.18. The number of aromatic nitrogens is 2. The minimum atomic E-state index is 0.832. The van der Waals surface area contributed by atoms with Gasteiger partial charge in [0.25, 0.3) is 0 Å². The molecule has 4 heteroatoms. The van der Waals surface area contributed by atoms with E-state index in [0.29, 0.717) is 0 Å². The molecule has 2 rings (SSSR count). The van der Waals surface area contributed by atoms with Gasteiger partial charge in [0.1, 0.15) is 0 Å². The van der Waals surface area contributed by atoms with E-state index in [4.69, 9.17) is 0 Å². The maximum atomic E-state index is 4.17. The third kappa shape index (κ3) is 4.01. The summed E-state index contributed by atoms with van der Waals surface area (Å²) in [6.07, 6.45) is 3.94. The lowest BCUT2D eigenvalue weighted by Gasteiger charge is -2.03. The number of nitrogens with one attached hydrogen (secondary N) is 3. The number of rotatable bonds is 7. The molecule has 4 nitrogen and oxygen atoms in total. The molecule has 1 fully saturated rings. The fraction of sp³-hybridized carbons (Fsp3) is 0.727. The molecule has 0 spiro atoms. The summed E-state index contributed by atoms with van der Waals surface area (Å²) in [7, 11) is 0. The average Bonchev–Trinajstić information content (AvgIpc) is 2.95. The topological polar surface area (TPSA) is 52.7 Å². The van der Waals surface area contributed by atoms with E-state index in [-0.39, 0.29) is 0 Å². The Bertz CT molecular complexity index is 291. The Balaban J connectivity index is 1.47. The zero-order valence-corrected chi connectivity index (χ0v) is 9.34. The van der Waals surface area contributed by atoms with Crippen molar-refractivity contribution in [2.24, 2.45) is 0 Å². The molecule has 0 bridgehead atoms. The van der Waals surface area contributed by atoms with Gasteiger partial charge in [-0.05, 0) is 45.3 Å². The first kappa shape index (κ1) is 10.6. The Kier molecular flexibility index (Phi) is 3.75. The van der Waals surface area contributed by atoms with Crippen LogP contribution in [-0.4, -0.2) is 29.3 Å². The van der Waals surface area contributed by atoms with Crippen LogP contribution in [0.2, 0.25) is 0 Å². The predicted molar refractivity (Wildman–Crippen MR) is 60.7 cm³/mol. The number of aromatic amines is 1. The highest BCUT2D eigenvalue weighted by atomic mass is 15.1. The second-order valence-electron chi connectivity index (χ2n) is 4.30. The summed E-state index contributed by atoms with van der Waals surface area (Å²) in [4.78, 5) is 0. The first-order valence-electron chi connectivity index (χ1n) is 5.79. The van der Waals surface area contributed by atoms with Crippen molar-refractivity contribution in [3.8, 4) is 0 Å². The van der Waals surface area contributed by atoms with Gasteiger partial charge in [-0.25, -0.2) is 0 Å². The maximum absolute atomic E-state index is 4.17. The number of hydrogen-bond acceptors (Lipinski definition) is 3. The molecule has 0 amide bonds. The van der Waals surface area contributed by atoms with Gasteiger partial charge in [0.2, 0.25) is 0 Å². The van der Waals surface area contributed by atoms with Crippen LogP contribution in [0.5, 0.6) is 0 Å². The molecule has 1 aliphatic rings. The SMILES string of the molecule is Cc1cc(CNCCCNC2CC2)n[nH]1. The van der Waals surface area contributed by atoms with Gasteiger partial charge in [0.05, 0.1) is 5.69 Å². The molecule has 0 unspecified atom stereocenters. The predicted octanol–water partition coefficient (Wildman–Crippen LogP) is 0.950. The normalized spacial score (nSPS) is 15.8. The molecule has 15 heavy (non-hydrogen) atoms. The fourth-order valence-corrected chi connectivity index (χ4v) is 1.59. The smallest absolute Gasteiger partial charge is 0.0762 e. The molecule has 0 aromatic carbocycles. The largest absolute Gasteiger partial charge is 0.314 e. The van der Waals surface area contributed by atoms with E-state index in [2.05, 4.69) is 26.9 Å². The molecule has 1 aromatic heterocycles.